The van der Waals surface area contributed by atoms with Gasteiger partial charge in [0.2, 0.25) is 5.91 Å². The lowest BCUT2D eigenvalue weighted by molar-refractivity contribution is -0.133. The van der Waals surface area contributed by atoms with Crippen LogP contribution in [0.25, 0.3) is 0 Å². The van der Waals surface area contributed by atoms with Gasteiger partial charge in [-0.1, -0.05) is 12.1 Å². The maximum Gasteiger partial charge on any atom is 0.246 e. The summed E-state index contributed by atoms with van der Waals surface area (Å²) in [5, 5.41) is 12.1. The van der Waals surface area contributed by atoms with Gasteiger partial charge in [0, 0.05) is 23.4 Å². The smallest absolute Gasteiger partial charge is 0.246 e. The summed E-state index contributed by atoms with van der Waals surface area (Å²) >= 11 is 0. The van der Waals surface area contributed by atoms with Gasteiger partial charge in [0.25, 0.3) is 0 Å². The number of hydrogen-bond acceptors (Lipinski definition) is 4. The Bertz CT molecular complexity index is 715. The molecule has 2 aromatic carbocycles. The number of fused-ring (bicyclic) bond motifs is 1. The van der Waals surface area contributed by atoms with Gasteiger partial charge in [-0.15, -0.1) is 0 Å². The Morgan fingerprint density at radius 1 is 1.17 bits per heavy atom. The molecule has 1 aliphatic carbocycles. The summed E-state index contributed by atoms with van der Waals surface area (Å²) in [4.78, 5) is 11.6. The van der Waals surface area contributed by atoms with Gasteiger partial charge >= 0.3 is 0 Å². The highest BCUT2D eigenvalue weighted by Crippen LogP contribution is 2.29. The summed E-state index contributed by atoms with van der Waals surface area (Å²) in [5.74, 6) is 0.366. The number of anilines is 2. The number of carbonyl (C=O) groups is 1. The van der Waals surface area contributed by atoms with E-state index in [1.807, 2.05) is 30.3 Å². The second-order valence-corrected chi connectivity index (χ2v) is 5.76. The zero-order valence-corrected chi connectivity index (χ0v) is 13.0. The van der Waals surface area contributed by atoms with Crippen molar-refractivity contribution in [2.45, 2.75) is 19.3 Å². The van der Waals surface area contributed by atoms with E-state index in [1.165, 1.54) is 11.1 Å². The first kappa shape index (κ1) is 15.4. The van der Waals surface area contributed by atoms with E-state index >= 15 is 0 Å². The third kappa shape index (κ3) is 3.46. The van der Waals surface area contributed by atoms with Crippen LogP contribution >= 0.6 is 0 Å². The van der Waals surface area contributed by atoms with Crippen LogP contribution in [0.3, 0.4) is 0 Å². The van der Waals surface area contributed by atoms with Gasteiger partial charge in [-0.05, 0) is 54.7 Å². The molecule has 0 spiro atoms. The minimum absolute atomic E-state index is 0.148. The fourth-order valence-corrected chi connectivity index (χ4v) is 3.02. The molecule has 23 heavy (non-hydrogen) atoms. The van der Waals surface area contributed by atoms with Crippen LogP contribution < -0.4 is 15.5 Å². The zero-order valence-electron chi connectivity index (χ0n) is 13.0. The van der Waals surface area contributed by atoms with Crippen LogP contribution in [-0.4, -0.2) is 18.2 Å². The second kappa shape index (κ2) is 6.71. The number of hydrogen-bond donors (Lipinski definition) is 3. The summed E-state index contributed by atoms with van der Waals surface area (Å²) in [6.07, 6.45) is 2.25. The van der Waals surface area contributed by atoms with Crippen LogP contribution in [0.15, 0.2) is 42.5 Å². The Kier molecular flexibility index (Phi) is 4.48. The van der Waals surface area contributed by atoms with E-state index in [0.29, 0.717) is 6.42 Å². The lowest BCUT2D eigenvalue weighted by atomic mass is 9.83. The molecule has 1 unspecified atom stereocenters. The number of aryl methyl sites for hydroxylation is 1. The first-order valence-electron chi connectivity index (χ1n) is 7.66. The van der Waals surface area contributed by atoms with E-state index < -0.39 is 0 Å². The Balaban J connectivity index is 1.75. The van der Waals surface area contributed by atoms with Gasteiger partial charge in [-0.25, -0.2) is 5.48 Å². The summed E-state index contributed by atoms with van der Waals surface area (Å²) < 4.78 is 5.23. The Labute approximate surface area is 135 Å². The molecule has 0 bridgehead atoms. The maximum atomic E-state index is 11.6. The van der Waals surface area contributed by atoms with Crippen molar-refractivity contribution in [3.8, 4) is 5.75 Å². The van der Waals surface area contributed by atoms with Crippen LogP contribution in [0.5, 0.6) is 5.75 Å². The lowest BCUT2D eigenvalue weighted by Gasteiger charge is -2.23. The molecule has 5 nitrogen and oxygen atoms in total. The van der Waals surface area contributed by atoms with E-state index in [1.54, 1.807) is 12.6 Å². The minimum Gasteiger partial charge on any atom is -0.497 e. The quantitative estimate of drug-likeness (QED) is 0.599. The topological polar surface area (TPSA) is 70.6 Å². The van der Waals surface area contributed by atoms with E-state index in [4.69, 9.17) is 9.94 Å². The highest BCUT2D eigenvalue weighted by molar-refractivity contribution is 5.78. The molecule has 5 heteroatoms. The number of methoxy groups -OCH3 is 1. The summed E-state index contributed by atoms with van der Waals surface area (Å²) in [5.41, 5.74) is 6.16. The number of benzene rings is 2. The first-order valence-corrected chi connectivity index (χ1v) is 7.66. The van der Waals surface area contributed by atoms with Gasteiger partial charge in [-0.3, -0.25) is 10.0 Å². The SMILES string of the molecule is COc1cccc(Nc2ccc3c(c2)CCC(C(=O)NO)C3)c1. The van der Waals surface area contributed by atoms with Crippen LogP contribution in [0.4, 0.5) is 11.4 Å². The minimum atomic E-state index is -0.297. The van der Waals surface area contributed by atoms with Crippen molar-refractivity contribution >= 4 is 17.3 Å². The van der Waals surface area contributed by atoms with Crippen LogP contribution in [0.2, 0.25) is 0 Å². The molecule has 0 heterocycles. The third-order valence-electron chi connectivity index (χ3n) is 4.27. The van der Waals surface area contributed by atoms with Crippen LogP contribution in [0, 0.1) is 5.92 Å². The molecule has 120 valence electrons. The van der Waals surface area contributed by atoms with Crippen molar-refractivity contribution < 1.29 is 14.7 Å². The molecule has 0 saturated heterocycles. The second-order valence-electron chi connectivity index (χ2n) is 5.76. The van der Waals surface area contributed by atoms with E-state index in [2.05, 4.69) is 17.4 Å². The molecule has 2 aromatic rings. The number of rotatable bonds is 4. The highest BCUT2D eigenvalue weighted by atomic mass is 16.5. The molecule has 0 saturated carbocycles. The van der Waals surface area contributed by atoms with Crippen LogP contribution in [-0.2, 0) is 17.6 Å². The standard InChI is InChI=1S/C18H20N2O3/c1-23-17-4-2-3-15(11-17)19-16-8-7-12-9-14(18(21)20-22)6-5-13(12)10-16/h2-4,7-8,10-11,14,19,22H,5-6,9H2,1H3,(H,20,21). The Morgan fingerprint density at radius 2 is 2.00 bits per heavy atom. The zero-order chi connectivity index (χ0) is 16.2. The van der Waals surface area contributed by atoms with Crippen molar-refractivity contribution in [2.24, 2.45) is 5.92 Å². The van der Waals surface area contributed by atoms with Crippen molar-refractivity contribution in [3.63, 3.8) is 0 Å². The average Bonchev–Trinajstić information content (AvgIpc) is 2.60. The number of nitrogens with one attached hydrogen (secondary N) is 2. The Morgan fingerprint density at radius 3 is 2.78 bits per heavy atom. The van der Waals surface area contributed by atoms with Gasteiger partial charge in [-0.2, -0.15) is 0 Å². The van der Waals surface area contributed by atoms with Crippen molar-refractivity contribution in [1.82, 2.24) is 5.48 Å². The van der Waals surface area contributed by atoms with Gasteiger partial charge in [0.1, 0.15) is 5.75 Å². The van der Waals surface area contributed by atoms with E-state index in [-0.39, 0.29) is 11.8 Å². The van der Waals surface area contributed by atoms with Gasteiger partial charge in [0.05, 0.1) is 7.11 Å². The van der Waals surface area contributed by atoms with Crippen molar-refractivity contribution in [1.29, 1.82) is 0 Å². The third-order valence-corrected chi connectivity index (χ3v) is 4.27. The lowest BCUT2D eigenvalue weighted by Crippen LogP contribution is -2.31. The van der Waals surface area contributed by atoms with Crippen molar-refractivity contribution in [2.75, 3.05) is 12.4 Å². The molecular weight excluding hydrogens is 292 g/mol. The molecule has 0 aromatic heterocycles. The summed E-state index contributed by atoms with van der Waals surface area (Å²) in [6, 6.07) is 14.0. The number of ether oxygens (including phenoxy) is 1. The normalized spacial score (nSPS) is 16.3. The molecule has 0 radical (unpaired) electrons. The molecule has 0 aliphatic heterocycles. The monoisotopic (exact) mass is 312 g/mol. The maximum absolute atomic E-state index is 11.6. The molecule has 3 rings (SSSR count). The largest absolute Gasteiger partial charge is 0.497 e. The van der Waals surface area contributed by atoms with Gasteiger partial charge in [0.15, 0.2) is 0 Å². The summed E-state index contributed by atoms with van der Waals surface area (Å²) in [6.45, 7) is 0. The van der Waals surface area contributed by atoms with E-state index in [9.17, 15) is 4.79 Å². The molecule has 1 aliphatic rings. The summed E-state index contributed by atoms with van der Waals surface area (Å²) in [7, 11) is 1.65. The average molecular weight is 312 g/mol. The fraction of sp³-hybridized carbons (Fsp3) is 0.278. The fourth-order valence-electron chi connectivity index (χ4n) is 3.02. The van der Waals surface area contributed by atoms with Crippen LogP contribution in [0.1, 0.15) is 17.5 Å². The Hall–Kier alpha value is -2.53. The van der Waals surface area contributed by atoms with Crippen molar-refractivity contribution in [3.05, 3.63) is 53.6 Å². The highest BCUT2D eigenvalue weighted by Gasteiger charge is 2.24. The van der Waals surface area contributed by atoms with E-state index in [0.717, 1.165) is 30.0 Å². The number of amides is 1. The molecule has 1 amide bonds. The molecule has 1 atom stereocenters. The number of hydroxylamine groups is 1. The first-order chi connectivity index (χ1) is 11.2. The molecule has 0 fully saturated rings. The predicted octanol–water partition coefficient (Wildman–Crippen LogP) is 3.05. The molecule has 3 N–H and O–H groups in total. The predicted molar refractivity (Wildman–Crippen MR) is 88.2 cm³/mol. The molecular formula is C18H20N2O3. The number of carbonyl (C=O) groups excluding carboxylic acids is 1. The van der Waals surface area contributed by atoms with Gasteiger partial charge < -0.3 is 10.1 Å².